The minimum atomic E-state index is -0.671. The summed E-state index contributed by atoms with van der Waals surface area (Å²) in [5.41, 5.74) is 1.71. The molecular formula is C14H9BO4S. The van der Waals surface area contributed by atoms with Gasteiger partial charge in [0, 0.05) is 10.9 Å². The fraction of sp³-hybridized carbons (Fsp3) is 0.0714. The maximum atomic E-state index is 12.3. The van der Waals surface area contributed by atoms with Crippen LogP contribution in [-0.4, -0.2) is 25.2 Å². The van der Waals surface area contributed by atoms with Crippen molar-refractivity contribution < 1.29 is 18.8 Å². The highest BCUT2D eigenvalue weighted by Gasteiger charge is 2.35. The van der Waals surface area contributed by atoms with Gasteiger partial charge in [0.25, 0.3) is 0 Å². The van der Waals surface area contributed by atoms with Crippen LogP contribution >= 0.6 is 11.3 Å². The Hall–Kier alpha value is -2.21. The van der Waals surface area contributed by atoms with E-state index in [0.717, 1.165) is 0 Å². The zero-order chi connectivity index (χ0) is 14.4. The van der Waals surface area contributed by atoms with E-state index in [9.17, 15) is 14.4 Å². The average Bonchev–Trinajstić information content (AvgIpc) is 3.10. The molecule has 20 heavy (non-hydrogen) atoms. The molecule has 0 atom stereocenters. The molecule has 2 aromatic heterocycles. The van der Waals surface area contributed by atoms with Gasteiger partial charge in [-0.1, -0.05) is 0 Å². The van der Waals surface area contributed by atoms with Crippen molar-refractivity contribution in [3.63, 3.8) is 0 Å². The second-order valence-corrected chi connectivity index (χ2v) is 5.38. The Balaban J connectivity index is 2.20. The molecule has 6 heteroatoms. The van der Waals surface area contributed by atoms with Gasteiger partial charge in [-0.25, -0.2) is 0 Å². The molecule has 0 aliphatic heterocycles. The lowest BCUT2D eigenvalue weighted by molar-refractivity contribution is -0.111. The number of Topliss-reactive ketones (excluding diaryl/α,β-unsaturated/α-hetero) is 2. The van der Waals surface area contributed by atoms with Gasteiger partial charge in [0.05, 0.1) is 11.1 Å². The SMILES string of the molecule is BC1=C(C)c2occ(C(=O)c3ccsc3)c2C(=O)C1=O. The van der Waals surface area contributed by atoms with Crippen LogP contribution in [0, 0.1) is 0 Å². The molecule has 0 bridgehead atoms. The fourth-order valence-electron chi connectivity index (χ4n) is 2.20. The summed E-state index contributed by atoms with van der Waals surface area (Å²) in [5, 5.41) is 3.48. The number of thiophene rings is 1. The van der Waals surface area contributed by atoms with Crippen molar-refractivity contribution in [2.24, 2.45) is 0 Å². The second kappa shape index (κ2) is 4.42. The minimum absolute atomic E-state index is 0.0919. The van der Waals surface area contributed by atoms with Crippen LogP contribution in [0.3, 0.4) is 0 Å². The first-order valence-electron chi connectivity index (χ1n) is 5.97. The smallest absolute Gasteiger partial charge is 0.236 e. The monoisotopic (exact) mass is 284 g/mol. The van der Waals surface area contributed by atoms with Gasteiger partial charge in [0.15, 0.2) is 5.78 Å². The molecule has 0 radical (unpaired) electrons. The highest BCUT2D eigenvalue weighted by atomic mass is 32.1. The standard InChI is InChI=1S/C14H9BO4S/c1-6-10(15)13(18)12(17)9-8(4-19-14(6)9)11(16)7-2-3-20-5-7/h2-5H,15H2,1H3. The lowest BCUT2D eigenvalue weighted by Gasteiger charge is -2.12. The van der Waals surface area contributed by atoms with E-state index in [1.54, 1.807) is 31.6 Å². The summed E-state index contributed by atoms with van der Waals surface area (Å²) in [4.78, 5) is 36.4. The van der Waals surface area contributed by atoms with Gasteiger partial charge in [-0.2, -0.15) is 11.3 Å². The second-order valence-electron chi connectivity index (χ2n) is 4.60. The molecule has 3 rings (SSSR count). The van der Waals surface area contributed by atoms with Crippen molar-refractivity contribution in [3.05, 3.63) is 51.0 Å². The van der Waals surface area contributed by atoms with Gasteiger partial charge in [0.2, 0.25) is 11.6 Å². The predicted octanol–water partition coefficient (Wildman–Crippen LogP) is 1.70. The summed E-state index contributed by atoms with van der Waals surface area (Å²) >= 11 is 1.39. The third kappa shape index (κ3) is 1.65. The highest BCUT2D eigenvalue weighted by molar-refractivity contribution is 7.08. The van der Waals surface area contributed by atoms with Crippen molar-refractivity contribution in [1.29, 1.82) is 0 Å². The Morgan fingerprint density at radius 1 is 1.30 bits per heavy atom. The van der Waals surface area contributed by atoms with Crippen molar-refractivity contribution in [2.45, 2.75) is 6.92 Å². The normalized spacial score (nSPS) is 14.7. The van der Waals surface area contributed by atoms with E-state index in [-0.39, 0.29) is 16.9 Å². The molecule has 1 aliphatic rings. The van der Waals surface area contributed by atoms with Crippen molar-refractivity contribution in [2.75, 3.05) is 0 Å². The lowest BCUT2D eigenvalue weighted by atomic mass is 9.77. The van der Waals surface area contributed by atoms with E-state index >= 15 is 0 Å². The summed E-state index contributed by atoms with van der Waals surface area (Å²) < 4.78 is 5.36. The Morgan fingerprint density at radius 3 is 2.70 bits per heavy atom. The number of fused-ring (bicyclic) bond motifs is 1. The van der Waals surface area contributed by atoms with Gasteiger partial charge < -0.3 is 4.42 Å². The predicted molar refractivity (Wildman–Crippen MR) is 76.9 cm³/mol. The molecule has 1 aliphatic carbocycles. The quantitative estimate of drug-likeness (QED) is 0.478. The number of hydrogen-bond donors (Lipinski definition) is 0. The number of furan rings is 1. The molecule has 0 fully saturated rings. The molecule has 4 nitrogen and oxygen atoms in total. The molecule has 98 valence electrons. The van der Waals surface area contributed by atoms with E-state index in [4.69, 9.17) is 4.42 Å². The molecule has 2 aromatic rings. The summed E-state index contributed by atoms with van der Waals surface area (Å²) in [5.74, 6) is -1.22. The number of carbonyl (C=O) groups excluding carboxylic acids is 3. The van der Waals surface area contributed by atoms with Crippen molar-refractivity contribution >= 4 is 42.1 Å². The first kappa shape index (κ1) is 12.8. The maximum Gasteiger partial charge on any atom is 0.236 e. The topological polar surface area (TPSA) is 64.3 Å². The zero-order valence-electron chi connectivity index (χ0n) is 10.9. The molecular weight excluding hydrogens is 275 g/mol. The fourth-order valence-corrected chi connectivity index (χ4v) is 2.84. The molecule has 0 saturated carbocycles. The minimum Gasteiger partial charge on any atom is -0.463 e. The number of hydrogen-bond acceptors (Lipinski definition) is 5. The van der Waals surface area contributed by atoms with Gasteiger partial charge in [-0.15, -0.1) is 0 Å². The van der Waals surface area contributed by atoms with Gasteiger partial charge >= 0.3 is 0 Å². The molecule has 2 heterocycles. The largest absolute Gasteiger partial charge is 0.463 e. The maximum absolute atomic E-state index is 12.3. The van der Waals surface area contributed by atoms with Crippen molar-refractivity contribution in [1.82, 2.24) is 0 Å². The number of allylic oxidation sites excluding steroid dienone is 2. The average molecular weight is 284 g/mol. The third-order valence-electron chi connectivity index (χ3n) is 3.50. The number of ketones is 3. The van der Waals surface area contributed by atoms with E-state index in [2.05, 4.69) is 0 Å². The van der Waals surface area contributed by atoms with Crippen LogP contribution in [-0.2, 0) is 4.79 Å². The first-order chi connectivity index (χ1) is 9.52. The summed E-state index contributed by atoms with van der Waals surface area (Å²) in [6.45, 7) is 1.71. The molecule has 0 aromatic carbocycles. The zero-order valence-corrected chi connectivity index (χ0v) is 11.7. The van der Waals surface area contributed by atoms with Crippen LogP contribution in [0.5, 0.6) is 0 Å². The van der Waals surface area contributed by atoms with Crippen LogP contribution < -0.4 is 0 Å². The van der Waals surface area contributed by atoms with Gasteiger partial charge in [0.1, 0.15) is 19.9 Å². The Labute approximate surface area is 119 Å². The highest BCUT2D eigenvalue weighted by Crippen LogP contribution is 2.32. The van der Waals surface area contributed by atoms with Gasteiger partial charge in [-0.05, 0) is 29.4 Å². The van der Waals surface area contributed by atoms with Crippen LogP contribution in [0.1, 0.15) is 39.0 Å². The summed E-state index contributed by atoms with van der Waals surface area (Å²) in [7, 11) is 1.58. The van der Waals surface area contributed by atoms with Crippen LogP contribution in [0.25, 0.3) is 5.57 Å². The van der Waals surface area contributed by atoms with Crippen LogP contribution in [0.4, 0.5) is 0 Å². The molecule has 0 unspecified atom stereocenters. The van der Waals surface area contributed by atoms with Crippen molar-refractivity contribution in [3.8, 4) is 0 Å². The van der Waals surface area contributed by atoms with E-state index in [0.29, 0.717) is 22.4 Å². The van der Waals surface area contributed by atoms with Gasteiger partial charge in [-0.3, -0.25) is 14.4 Å². The summed E-state index contributed by atoms with van der Waals surface area (Å²) in [6, 6.07) is 1.68. The molecule has 0 saturated heterocycles. The summed E-state index contributed by atoms with van der Waals surface area (Å²) in [6.07, 6.45) is 1.26. The van der Waals surface area contributed by atoms with E-state index in [1.165, 1.54) is 17.6 Å². The molecule has 0 amide bonds. The number of rotatable bonds is 2. The Kier molecular flexibility index (Phi) is 2.83. The van der Waals surface area contributed by atoms with E-state index in [1.807, 2.05) is 0 Å². The molecule has 0 N–H and O–H groups in total. The van der Waals surface area contributed by atoms with Crippen LogP contribution in [0.2, 0.25) is 0 Å². The van der Waals surface area contributed by atoms with E-state index < -0.39 is 11.6 Å². The third-order valence-corrected chi connectivity index (χ3v) is 4.18. The number of carbonyl (C=O) groups is 3. The van der Waals surface area contributed by atoms with Crippen LogP contribution in [0.15, 0.2) is 33.0 Å². The molecule has 0 spiro atoms. The Bertz CT molecular complexity index is 780. The Morgan fingerprint density at radius 2 is 2.05 bits per heavy atom. The lowest BCUT2D eigenvalue weighted by Crippen LogP contribution is -2.24. The first-order valence-corrected chi connectivity index (χ1v) is 6.92.